The van der Waals surface area contributed by atoms with Crippen molar-refractivity contribution in [3.63, 3.8) is 0 Å². The Hall–Kier alpha value is -0.0800. The van der Waals surface area contributed by atoms with Crippen LogP contribution in [0, 0.1) is 11.8 Å². The smallest absolute Gasteiger partial charge is 0.0462 e. The van der Waals surface area contributed by atoms with Crippen molar-refractivity contribution in [1.29, 1.82) is 0 Å². The molecule has 1 rings (SSSR count). The first-order valence-corrected chi connectivity index (χ1v) is 3.60. The molecule has 0 aromatic carbocycles. The van der Waals surface area contributed by atoms with Gasteiger partial charge in [0.2, 0.25) is 0 Å². The van der Waals surface area contributed by atoms with E-state index in [0.717, 1.165) is 12.8 Å². The normalized spacial score (nSPS) is 35.3. The standard InChI is InChI=1S/C7H14O2/c8-4-6-2-1-3-7(6)5-9/h6-9H,1-5H2/t6-,7?/m1/s1. The minimum atomic E-state index is 0.255. The van der Waals surface area contributed by atoms with E-state index in [1.54, 1.807) is 0 Å². The van der Waals surface area contributed by atoms with Gasteiger partial charge in [0.05, 0.1) is 0 Å². The van der Waals surface area contributed by atoms with Gasteiger partial charge < -0.3 is 10.2 Å². The lowest BCUT2D eigenvalue weighted by atomic mass is 9.98. The Labute approximate surface area is 55.5 Å². The van der Waals surface area contributed by atoms with Crippen LogP contribution in [-0.2, 0) is 0 Å². The van der Waals surface area contributed by atoms with Crippen LogP contribution in [0.15, 0.2) is 0 Å². The summed E-state index contributed by atoms with van der Waals surface area (Å²) in [4.78, 5) is 0. The SMILES string of the molecule is OCC1CCC[C@@H]1CO. The molecule has 2 heteroatoms. The molecule has 0 spiro atoms. The summed E-state index contributed by atoms with van der Waals surface area (Å²) in [5.74, 6) is 0.769. The maximum atomic E-state index is 8.76. The highest BCUT2D eigenvalue weighted by atomic mass is 16.3. The summed E-state index contributed by atoms with van der Waals surface area (Å²) in [5, 5.41) is 17.5. The fourth-order valence-electron chi connectivity index (χ4n) is 1.59. The van der Waals surface area contributed by atoms with Crippen molar-refractivity contribution in [2.45, 2.75) is 19.3 Å². The van der Waals surface area contributed by atoms with E-state index in [9.17, 15) is 0 Å². The molecule has 54 valence electrons. The second kappa shape index (κ2) is 3.18. The van der Waals surface area contributed by atoms with E-state index in [-0.39, 0.29) is 13.2 Å². The zero-order chi connectivity index (χ0) is 6.69. The molecule has 1 saturated carbocycles. The summed E-state index contributed by atoms with van der Waals surface area (Å²) in [6.07, 6.45) is 3.37. The van der Waals surface area contributed by atoms with Crippen molar-refractivity contribution in [1.82, 2.24) is 0 Å². The van der Waals surface area contributed by atoms with Gasteiger partial charge in [-0.3, -0.25) is 0 Å². The van der Waals surface area contributed by atoms with Crippen LogP contribution < -0.4 is 0 Å². The van der Waals surface area contributed by atoms with E-state index in [0.29, 0.717) is 11.8 Å². The highest BCUT2D eigenvalue weighted by Gasteiger charge is 2.25. The molecule has 0 radical (unpaired) electrons. The molecule has 0 amide bonds. The number of hydrogen-bond donors (Lipinski definition) is 2. The van der Waals surface area contributed by atoms with Gasteiger partial charge in [-0.15, -0.1) is 0 Å². The van der Waals surface area contributed by atoms with Gasteiger partial charge in [-0.05, 0) is 24.7 Å². The van der Waals surface area contributed by atoms with Gasteiger partial charge in [-0.25, -0.2) is 0 Å². The molecule has 2 nitrogen and oxygen atoms in total. The summed E-state index contributed by atoms with van der Waals surface area (Å²) in [5.41, 5.74) is 0. The van der Waals surface area contributed by atoms with Crippen molar-refractivity contribution in [2.75, 3.05) is 13.2 Å². The zero-order valence-corrected chi connectivity index (χ0v) is 5.58. The first-order chi connectivity index (χ1) is 4.38. The molecule has 0 bridgehead atoms. The number of aliphatic hydroxyl groups is 2. The molecule has 0 saturated heterocycles. The first kappa shape index (κ1) is 7.03. The third-order valence-electron chi connectivity index (χ3n) is 2.29. The predicted octanol–water partition coefficient (Wildman–Crippen LogP) is 0.387. The van der Waals surface area contributed by atoms with Gasteiger partial charge in [0.1, 0.15) is 0 Å². The Kier molecular flexibility index (Phi) is 2.49. The maximum Gasteiger partial charge on any atom is 0.0462 e. The van der Waals surface area contributed by atoms with Crippen LogP contribution in [0.5, 0.6) is 0 Å². The predicted molar refractivity (Wildman–Crippen MR) is 35.0 cm³/mol. The monoisotopic (exact) mass is 130 g/mol. The molecule has 1 aliphatic rings. The largest absolute Gasteiger partial charge is 0.396 e. The molecule has 0 aromatic rings. The summed E-state index contributed by atoms with van der Waals surface area (Å²) in [6, 6.07) is 0. The van der Waals surface area contributed by atoms with Crippen molar-refractivity contribution >= 4 is 0 Å². The van der Waals surface area contributed by atoms with E-state index in [4.69, 9.17) is 10.2 Å². The molecule has 0 aliphatic heterocycles. The minimum absolute atomic E-state index is 0.255. The summed E-state index contributed by atoms with van der Waals surface area (Å²) < 4.78 is 0. The molecule has 1 fully saturated rings. The quantitative estimate of drug-likeness (QED) is 0.567. The lowest BCUT2D eigenvalue weighted by Gasteiger charge is -2.12. The summed E-state index contributed by atoms with van der Waals surface area (Å²) >= 11 is 0. The second-order valence-electron chi connectivity index (χ2n) is 2.82. The van der Waals surface area contributed by atoms with Crippen LogP contribution in [0.25, 0.3) is 0 Å². The third kappa shape index (κ3) is 1.43. The van der Waals surface area contributed by atoms with Gasteiger partial charge in [0.25, 0.3) is 0 Å². The molecule has 1 aliphatic carbocycles. The van der Waals surface area contributed by atoms with Gasteiger partial charge >= 0.3 is 0 Å². The molecule has 0 aromatic heterocycles. The van der Waals surface area contributed by atoms with Gasteiger partial charge in [-0.1, -0.05) is 6.42 Å². The zero-order valence-electron chi connectivity index (χ0n) is 5.58. The lowest BCUT2D eigenvalue weighted by Crippen LogP contribution is -2.15. The maximum absolute atomic E-state index is 8.76. The molecular weight excluding hydrogens is 116 g/mol. The Morgan fingerprint density at radius 3 is 1.78 bits per heavy atom. The average molecular weight is 130 g/mol. The molecule has 9 heavy (non-hydrogen) atoms. The Bertz CT molecular complexity index is 73.0. The fraction of sp³-hybridized carbons (Fsp3) is 1.00. The van der Waals surface area contributed by atoms with Crippen molar-refractivity contribution in [2.24, 2.45) is 11.8 Å². The van der Waals surface area contributed by atoms with Gasteiger partial charge in [0.15, 0.2) is 0 Å². The summed E-state index contributed by atoms with van der Waals surface area (Å²) in [7, 11) is 0. The van der Waals surface area contributed by atoms with Crippen LogP contribution in [0.3, 0.4) is 0 Å². The average Bonchev–Trinajstić information content (AvgIpc) is 2.33. The first-order valence-electron chi connectivity index (χ1n) is 3.60. The van der Waals surface area contributed by atoms with Gasteiger partial charge in [-0.2, -0.15) is 0 Å². The second-order valence-corrected chi connectivity index (χ2v) is 2.82. The Morgan fingerprint density at radius 2 is 1.44 bits per heavy atom. The molecular formula is C7H14O2. The van der Waals surface area contributed by atoms with Gasteiger partial charge in [0, 0.05) is 13.2 Å². The van der Waals surface area contributed by atoms with Crippen molar-refractivity contribution in [3.05, 3.63) is 0 Å². The molecule has 1 unspecified atom stereocenters. The van der Waals surface area contributed by atoms with E-state index in [1.165, 1.54) is 6.42 Å². The number of aliphatic hydroxyl groups excluding tert-OH is 2. The van der Waals surface area contributed by atoms with E-state index in [2.05, 4.69) is 0 Å². The number of hydrogen-bond acceptors (Lipinski definition) is 2. The lowest BCUT2D eigenvalue weighted by molar-refractivity contribution is 0.141. The van der Waals surface area contributed by atoms with Crippen LogP contribution in [-0.4, -0.2) is 23.4 Å². The van der Waals surface area contributed by atoms with Crippen LogP contribution in [0.2, 0.25) is 0 Å². The van der Waals surface area contributed by atoms with E-state index in [1.807, 2.05) is 0 Å². The summed E-state index contributed by atoms with van der Waals surface area (Å²) in [6.45, 7) is 0.510. The Morgan fingerprint density at radius 1 is 1.00 bits per heavy atom. The van der Waals surface area contributed by atoms with Crippen molar-refractivity contribution in [3.8, 4) is 0 Å². The molecule has 2 atom stereocenters. The third-order valence-corrected chi connectivity index (χ3v) is 2.29. The highest BCUT2D eigenvalue weighted by molar-refractivity contribution is 4.75. The Balaban J connectivity index is 2.32. The highest BCUT2D eigenvalue weighted by Crippen LogP contribution is 2.30. The minimum Gasteiger partial charge on any atom is -0.396 e. The molecule has 2 N–H and O–H groups in total. The number of rotatable bonds is 2. The van der Waals surface area contributed by atoms with Crippen LogP contribution in [0.4, 0.5) is 0 Å². The van der Waals surface area contributed by atoms with Crippen LogP contribution in [0.1, 0.15) is 19.3 Å². The van der Waals surface area contributed by atoms with E-state index < -0.39 is 0 Å². The van der Waals surface area contributed by atoms with Crippen LogP contribution >= 0.6 is 0 Å². The van der Waals surface area contributed by atoms with Crippen molar-refractivity contribution < 1.29 is 10.2 Å². The molecule has 0 heterocycles. The topological polar surface area (TPSA) is 40.5 Å². The van der Waals surface area contributed by atoms with E-state index >= 15 is 0 Å². The fourth-order valence-corrected chi connectivity index (χ4v) is 1.59.